The van der Waals surface area contributed by atoms with Gasteiger partial charge in [0.05, 0.1) is 13.4 Å². The zero-order valence-corrected chi connectivity index (χ0v) is 9.85. The molecule has 2 rings (SSSR count). The predicted molar refractivity (Wildman–Crippen MR) is 65.8 cm³/mol. The minimum absolute atomic E-state index is 0.643. The number of hydrogen-bond donors (Lipinski definition) is 0. The summed E-state index contributed by atoms with van der Waals surface area (Å²) in [7, 11) is 1.62. The highest BCUT2D eigenvalue weighted by Gasteiger charge is 2.22. The van der Waals surface area contributed by atoms with Gasteiger partial charge in [0.2, 0.25) is 0 Å². The molecule has 1 aliphatic heterocycles. The summed E-state index contributed by atoms with van der Waals surface area (Å²) in [5.41, 5.74) is 3.01. The Bertz CT molecular complexity index is 458. The zero-order valence-electron chi connectivity index (χ0n) is 9.85. The Morgan fingerprint density at radius 1 is 1.41 bits per heavy atom. The van der Waals surface area contributed by atoms with Crippen molar-refractivity contribution < 1.29 is 9.53 Å². The molecule has 1 aliphatic rings. The summed E-state index contributed by atoms with van der Waals surface area (Å²) in [4.78, 5) is 12.9. The number of methoxy groups -OCH3 is 1. The van der Waals surface area contributed by atoms with Crippen molar-refractivity contribution in [3.05, 3.63) is 53.4 Å². The van der Waals surface area contributed by atoms with Crippen LogP contribution >= 0.6 is 0 Å². The summed E-state index contributed by atoms with van der Waals surface area (Å²) in [5, 5.41) is 0. The van der Waals surface area contributed by atoms with Gasteiger partial charge in [0, 0.05) is 19.5 Å². The third-order valence-electron chi connectivity index (χ3n) is 2.79. The number of likely N-dealkylation sites (tertiary alicyclic amines) is 1. The van der Waals surface area contributed by atoms with Crippen LogP contribution < -0.4 is 0 Å². The molecule has 0 aromatic heterocycles. The molecule has 88 valence electrons. The monoisotopic (exact) mass is 229 g/mol. The first-order valence-electron chi connectivity index (χ1n) is 5.57. The third-order valence-corrected chi connectivity index (χ3v) is 2.79. The highest BCUT2D eigenvalue weighted by atomic mass is 16.5. The molecule has 0 atom stereocenters. The van der Waals surface area contributed by atoms with Crippen molar-refractivity contribution in [1.82, 2.24) is 4.90 Å². The maximum Gasteiger partial charge on any atom is 0.146 e. The van der Waals surface area contributed by atoms with Gasteiger partial charge >= 0.3 is 0 Å². The Morgan fingerprint density at radius 2 is 2.18 bits per heavy atom. The third kappa shape index (κ3) is 2.77. The van der Waals surface area contributed by atoms with Crippen molar-refractivity contribution in [3.63, 3.8) is 0 Å². The lowest BCUT2D eigenvalue weighted by atomic mass is 10.2. The molecule has 0 radical (unpaired) electrons. The quantitative estimate of drug-likeness (QED) is 0.587. The van der Waals surface area contributed by atoms with E-state index in [1.54, 1.807) is 13.4 Å². The molecule has 1 fully saturated rings. The maximum atomic E-state index is 10.9. The molecule has 1 heterocycles. The number of carbonyl (C=O) groups excluding carboxylic acids is 1. The first-order chi connectivity index (χ1) is 8.33. The highest BCUT2D eigenvalue weighted by Crippen LogP contribution is 2.25. The average Bonchev–Trinajstić information content (AvgIpc) is 2.73. The number of rotatable bonds is 3. The molecule has 3 heteroatoms. The number of hydrogen-bond acceptors (Lipinski definition) is 3. The second kappa shape index (κ2) is 5.37. The Kier molecular flexibility index (Phi) is 3.63. The van der Waals surface area contributed by atoms with Crippen LogP contribution in [-0.4, -0.2) is 24.5 Å². The van der Waals surface area contributed by atoms with Gasteiger partial charge in [0.15, 0.2) is 0 Å². The van der Waals surface area contributed by atoms with E-state index in [2.05, 4.69) is 12.1 Å². The van der Waals surface area contributed by atoms with E-state index in [0.29, 0.717) is 12.1 Å². The molecule has 0 unspecified atom stereocenters. The van der Waals surface area contributed by atoms with Gasteiger partial charge in [0.1, 0.15) is 11.6 Å². The molecule has 0 N–H and O–H groups in total. The van der Waals surface area contributed by atoms with Gasteiger partial charge < -0.3 is 9.64 Å². The van der Waals surface area contributed by atoms with Crippen LogP contribution in [-0.2, 0) is 16.1 Å². The fourth-order valence-electron chi connectivity index (χ4n) is 2.02. The van der Waals surface area contributed by atoms with Gasteiger partial charge in [-0.3, -0.25) is 0 Å². The van der Waals surface area contributed by atoms with Gasteiger partial charge in [-0.05, 0) is 11.1 Å². The van der Waals surface area contributed by atoms with E-state index >= 15 is 0 Å². The van der Waals surface area contributed by atoms with Crippen LogP contribution in [0.3, 0.4) is 0 Å². The average molecular weight is 229 g/mol. The largest absolute Gasteiger partial charge is 0.504 e. The fourth-order valence-corrected chi connectivity index (χ4v) is 2.02. The van der Waals surface area contributed by atoms with Crippen molar-refractivity contribution in [2.75, 3.05) is 13.7 Å². The topological polar surface area (TPSA) is 29.5 Å². The number of nitrogens with zero attached hydrogens (tertiary/aromatic N) is 1. The van der Waals surface area contributed by atoms with E-state index < -0.39 is 0 Å². The predicted octanol–water partition coefficient (Wildman–Crippen LogP) is 2.14. The lowest BCUT2D eigenvalue weighted by molar-refractivity contribution is 0.330. The molecular formula is C14H15NO2. The summed E-state index contributed by atoms with van der Waals surface area (Å²) in [5.74, 6) is 2.02. The molecule has 0 saturated carbocycles. The van der Waals surface area contributed by atoms with Gasteiger partial charge in [-0.25, -0.2) is 4.79 Å². The molecule has 0 amide bonds. The number of ether oxygens (including phenoxy) is 1. The van der Waals surface area contributed by atoms with E-state index in [0.717, 1.165) is 18.7 Å². The summed E-state index contributed by atoms with van der Waals surface area (Å²) in [6.45, 7) is 1.49. The Balaban J connectivity index is 2.11. The van der Waals surface area contributed by atoms with E-state index in [1.807, 2.05) is 29.0 Å². The molecule has 1 aromatic carbocycles. The normalized spacial score (nSPS) is 17.4. The van der Waals surface area contributed by atoms with E-state index in [-0.39, 0.29) is 0 Å². The van der Waals surface area contributed by atoms with Gasteiger partial charge in [0.25, 0.3) is 0 Å². The minimum atomic E-state index is 0.643. The summed E-state index contributed by atoms with van der Waals surface area (Å²) in [6.07, 6.45) is 2.35. The van der Waals surface area contributed by atoms with Crippen molar-refractivity contribution in [2.24, 2.45) is 0 Å². The molecular weight excluding hydrogens is 214 g/mol. The molecule has 0 aliphatic carbocycles. The Hall–Kier alpha value is -1.99. The van der Waals surface area contributed by atoms with Crippen LogP contribution in [0.1, 0.15) is 12.0 Å². The van der Waals surface area contributed by atoms with Crippen LogP contribution in [0.5, 0.6) is 0 Å². The Morgan fingerprint density at radius 3 is 2.82 bits per heavy atom. The molecule has 1 aromatic rings. The number of benzene rings is 1. The van der Waals surface area contributed by atoms with Crippen molar-refractivity contribution >= 4 is 5.94 Å². The maximum absolute atomic E-state index is 10.9. The van der Waals surface area contributed by atoms with Crippen LogP contribution in [0, 0.1) is 0 Å². The molecule has 0 bridgehead atoms. The summed E-state index contributed by atoms with van der Waals surface area (Å²) in [6, 6.07) is 10.1. The van der Waals surface area contributed by atoms with Crippen molar-refractivity contribution in [3.8, 4) is 0 Å². The number of allylic oxidation sites excluding steroid dienone is 1. The fraction of sp³-hybridized carbons (Fsp3) is 0.286. The molecule has 1 saturated heterocycles. The van der Waals surface area contributed by atoms with Gasteiger partial charge in [-0.15, -0.1) is 0 Å². The van der Waals surface area contributed by atoms with Crippen LogP contribution in [0.4, 0.5) is 0 Å². The van der Waals surface area contributed by atoms with Crippen molar-refractivity contribution in [2.45, 2.75) is 13.0 Å². The Labute approximate surface area is 101 Å². The lowest BCUT2D eigenvalue weighted by Crippen LogP contribution is -2.17. The zero-order chi connectivity index (χ0) is 12.1. The summed E-state index contributed by atoms with van der Waals surface area (Å²) < 4.78 is 4.99. The SMILES string of the molecule is COC=C1CC(=C=O)N(Cc2ccccc2)C1. The van der Waals surface area contributed by atoms with Crippen LogP contribution in [0.25, 0.3) is 0 Å². The van der Waals surface area contributed by atoms with E-state index in [1.165, 1.54) is 5.56 Å². The molecule has 17 heavy (non-hydrogen) atoms. The standard InChI is InChI=1S/C14H15NO2/c1-17-11-13-7-14(10-16)15(9-13)8-12-5-3-2-4-6-12/h2-6,11H,7-9H2,1H3. The van der Waals surface area contributed by atoms with Crippen LogP contribution in [0.2, 0.25) is 0 Å². The lowest BCUT2D eigenvalue weighted by Gasteiger charge is -2.17. The van der Waals surface area contributed by atoms with E-state index in [4.69, 9.17) is 4.74 Å². The van der Waals surface area contributed by atoms with Crippen LogP contribution in [0.15, 0.2) is 47.9 Å². The molecule has 3 nitrogen and oxygen atoms in total. The first kappa shape index (κ1) is 11.5. The van der Waals surface area contributed by atoms with Crippen molar-refractivity contribution in [1.29, 1.82) is 0 Å². The van der Waals surface area contributed by atoms with E-state index in [9.17, 15) is 4.79 Å². The minimum Gasteiger partial charge on any atom is -0.504 e. The van der Waals surface area contributed by atoms with Gasteiger partial charge in [-0.1, -0.05) is 30.3 Å². The van der Waals surface area contributed by atoms with Gasteiger partial charge in [-0.2, -0.15) is 0 Å². The smallest absolute Gasteiger partial charge is 0.146 e. The first-order valence-corrected chi connectivity index (χ1v) is 5.57. The molecule has 0 spiro atoms. The second-order valence-electron chi connectivity index (χ2n) is 4.08. The summed E-state index contributed by atoms with van der Waals surface area (Å²) >= 11 is 0. The second-order valence-corrected chi connectivity index (χ2v) is 4.08. The highest BCUT2D eigenvalue weighted by molar-refractivity contribution is 5.55.